The first-order valence-electron chi connectivity index (χ1n) is 10.8. The predicted molar refractivity (Wildman–Crippen MR) is 127 cm³/mol. The highest BCUT2D eigenvalue weighted by Gasteiger charge is 2.28. The Hall–Kier alpha value is -2.91. The molecule has 0 aromatic heterocycles. The minimum absolute atomic E-state index is 0.0699. The number of nitrogens with one attached hydrogen (secondary N) is 2. The molecule has 0 bridgehead atoms. The van der Waals surface area contributed by atoms with Gasteiger partial charge in [0.25, 0.3) is 15.9 Å². The lowest BCUT2D eigenvalue weighted by atomic mass is 9.95. The largest absolute Gasteiger partial charge is 0.339 e. The Balaban J connectivity index is 1.30. The first-order valence-corrected chi connectivity index (χ1v) is 12.7. The predicted octanol–water partition coefficient (Wildman–Crippen LogP) is 3.30. The molecule has 174 valence electrons. The lowest BCUT2D eigenvalue weighted by molar-refractivity contribution is -0.121. The van der Waals surface area contributed by atoms with Crippen molar-refractivity contribution >= 4 is 45.0 Å². The number of rotatable bonds is 5. The van der Waals surface area contributed by atoms with Crippen molar-refractivity contribution in [1.29, 1.82) is 0 Å². The third-order valence-corrected chi connectivity index (χ3v) is 7.45. The van der Waals surface area contributed by atoms with Gasteiger partial charge in [0.2, 0.25) is 5.91 Å². The molecule has 4 rings (SSSR count). The van der Waals surface area contributed by atoms with Crippen LogP contribution in [0.3, 0.4) is 0 Å². The summed E-state index contributed by atoms with van der Waals surface area (Å²) in [6.07, 6.45) is 2.59. The van der Waals surface area contributed by atoms with E-state index in [0.29, 0.717) is 61.0 Å². The van der Waals surface area contributed by atoms with E-state index in [2.05, 4.69) is 15.0 Å². The molecule has 2 amide bonds. The average molecular weight is 489 g/mol. The molecule has 2 aromatic carbocycles. The number of anilines is 1. The molecule has 2 N–H and O–H groups in total. The highest BCUT2D eigenvalue weighted by molar-refractivity contribution is 7.90. The summed E-state index contributed by atoms with van der Waals surface area (Å²) < 4.78 is 27.4. The molecule has 10 heteroatoms. The number of amidine groups is 1. The zero-order chi connectivity index (χ0) is 23.4. The third-order valence-electron chi connectivity index (χ3n) is 5.80. The smallest absolute Gasteiger partial charge is 0.262 e. The van der Waals surface area contributed by atoms with Gasteiger partial charge in [-0.2, -0.15) is 0 Å². The van der Waals surface area contributed by atoms with Crippen LogP contribution in [0, 0.1) is 5.92 Å². The van der Waals surface area contributed by atoms with Crippen molar-refractivity contribution in [3.05, 3.63) is 59.1 Å². The molecule has 33 heavy (non-hydrogen) atoms. The third kappa shape index (κ3) is 5.72. The van der Waals surface area contributed by atoms with E-state index in [1.165, 1.54) is 12.1 Å². The Labute approximate surface area is 198 Å². The number of piperidine rings is 1. The quantitative estimate of drug-likeness (QED) is 0.673. The summed E-state index contributed by atoms with van der Waals surface area (Å²) in [4.78, 5) is 31.3. The summed E-state index contributed by atoms with van der Waals surface area (Å²) >= 11 is 5.88. The van der Waals surface area contributed by atoms with Gasteiger partial charge in [0.05, 0.1) is 4.90 Å². The van der Waals surface area contributed by atoms with Crippen LogP contribution in [0.4, 0.5) is 5.69 Å². The standard InChI is InChI=1S/C23H25ClN4O4S/c24-18-5-3-17(4-6-18)23(30)28-14-11-16(12-15-28)22(29)26-19-7-9-20(10-8-19)33(31,32)27-21-2-1-13-25-21/h3-10,16H,1-2,11-15H2,(H,25,27)(H,26,29). The van der Waals surface area contributed by atoms with Gasteiger partial charge in [-0.1, -0.05) is 11.6 Å². The minimum atomic E-state index is -3.69. The summed E-state index contributed by atoms with van der Waals surface area (Å²) in [5.74, 6) is 0.0557. The maximum atomic E-state index is 12.7. The lowest BCUT2D eigenvalue weighted by Crippen LogP contribution is -2.41. The highest BCUT2D eigenvalue weighted by Crippen LogP contribution is 2.22. The number of carbonyl (C=O) groups is 2. The van der Waals surface area contributed by atoms with Gasteiger partial charge in [-0.25, -0.2) is 8.42 Å². The van der Waals surface area contributed by atoms with Crippen LogP contribution in [0.1, 0.15) is 36.0 Å². The van der Waals surface area contributed by atoms with Crippen LogP contribution in [0.25, 0.3) is 0 Å². The molecule has 0 atom stereocenters. The van der Waals surface area contributed by atoms with Crippen LogP contribution in [0.5, 0.6) is 0 Å². The summed E-state index contributed by atoms with van der Waals surface area (Å²) in [5.41, 5.74) is 1.10. The number of aliphatic imine (C=N–C) groups is 1. The number of halogens is 1. The van der Waals surface area contributed by atoms with Crippen molar-refractivity contribution in [3.63, 3.8) is 0 Å². The van der Waals surface area contributed by atoms with E-state index in [0.717, 1.165) is 6.42 Å². The molecule has 2 aliphatic heterocycles. The van der Waals surface area contributed by atoms with Crippen molar-refractivity contribution < 1.29 is 18.0 Å². The van der Waals surface area contributed by atoms with E-state index < -0.39 is 10.0 Å². The maximum Gasteiger partial charge on any atom is 0.262 e. The summed E-state index contributed by atoms with van der Waals surface area (Å²) in [7, 11) is -3.69. The molecule has 0 radical (unpaired) electrons. The van der Waals surface area contributed by atoms with Crippen molar-refractivity contribution in [2.24, 2.45) is 10.9 Å². The van der Waals surface area contributed by atoms with Gasteiger partial charge in [-0.05, 0) is 67.8 Å². The fourth-order valence-electron chi connectivity index (χ4n) is 3.92. The van der Waals surface area contributed by atoms with Crippen LogP contribution in [-0.2, 0) is 14.8 Å². The summed E-state index contributed by atoms with van der Waals surface area (Å²) in [6.45, 7) is 1.62. The highest BCUT2D eigenvalue weighted by atomic mass is 35.5. The molecule has 1 saturated heterocycles. The number of benzene rings is 2. The van der Waals surface area contributed by atoms with Crippen LogP contribution < -0.4 is 10.0 Å². The van der Waals surface area contributed by atoms with Gasteiger partial charge >= 0.3 is 0 Å². The summed E-state index contributed by atoms with van der Waals surface area (Å²) in [5, 5.41) is 3.43. The van der Waals surface area contributed by atoms with Gasteiger partial charge < -0.3 is 10.2 Å². The van der Waals surface area contributed by atoms with Gasteiger partial charge in [0, 0.05) is 48.2 Å². The first-order chi connectivity index (χ1) is 15.8. The number of likely N-dealkylation sites (tertiary alicyclic amines) is 1. The zero-order valence-electron chi connectivity index (χ0n) is 18.0. The Bertz CT molecular complexity index is 1160. The molecule has 1 fully saturated rings. The van der Waals surface area contributed by atoms with E-state index in [-0.39, 0.29) is 22.6 Å². The molecule has 2 aromatic rings. The molecular formula is C23H25ClN4O4S. The Morgan fingerprint density at radius 2 is 1.67 bits per heavy atom. The van der Waals surface area contributed by atoms with Gasteiger partial charge in [0.1, 0.15) is 5.84 Å². The van der Waals surface area contributed by atoms with E-state index in [4.69, 9.17) is 11.6 Å². The molecule has 0 saturated carbocycles. The Morgan fingerprint density at radius 1 is 1.00 bits per heavy atom. The fraction of sp³-hybridized carbons (Fsp3) is 0.348. The van der Waals surface area contributed by atoms with E-state index in [9.17, 15) is 18.0 Å². The minimum Gasteiger partial charge on any atom is -0.339 e. The zero-order valence-corrected chi connectivity index (χ0v) is 19.5. The van der Waals surface area contributed by atoms with Crippen LogP contribution in [0.15, 0.2) is 58.4 Å². The van der Waals surface area contributed by atoms with Crippen LogP contribution >= 0.6 is 11.6 Å². The van der Waals surface area contributed by atoms with Crippen molar-refractivity contribution in [3.8, 4) is 0 Å². The van der Waals surface area contributed by atoms with Crippen molar-refractivity contribution in [2.45, 2.75) is 30.6 Å². The average Bonchev–Trinajstić information content (AvgIpc) is 3.32. The SMILES string of the molecule is O=C(Nc1ccc(S(=O)(=O)NC2=NCCC2)cc1)C1CCN(C(=O)c2ccc(Cl)cc2)CC1. The number of amides is 2. The second kappa shape index (κ2) is 9.93. The first kappa shape index (κ1) is 23.3. The normalized spacial score (nSPS) is 16.9. The Morgan fingerprint density at radius 3 is 2.27 bits per heavy atom. The second-order valence-electron chi connectivity index (χ2n) is 8.12. The van der Waals surface area contributed by atoms with Crippen LogP contribution in [0.2, 0.25) is 5.02 Å². The topological polar surface area (TPSA) is 108 Å². The van der Waals surface area contributed by atoms with E-state index in [1.807, 2.05) is 0 Å². The molecule has 2 aliphatic rings. The van der Waals surface area contributed by atoms with Crippen LogP contribution in [-0.4, -0.2) is 50.6 Å². The van der Waals surface area contributed by atoms with Crippen molar-refractivity contribution in [2.75, 3.05) is 25.0 Å². The summed E-state index contributed by atoms with van der Waals surface area (Å²) in [6, 6.07) is 12.8. The molecule has 8 nitrogen and oxygen atoms in total. The molecule has 0 aliphatic carbocycles. The van der Waals surface area contributed by atoms with Gasteiger partial charge in [-0.3, -0.25) is 19.3 Å². The maximum absolute atomic E-state index is 12.7. The lowest BCUT2D eigenvalue weighted by Gasteiger charge is -2.31. The Kier molecular flexibility index (Phi) is 6.99. The fourth-order valence-corrected chi connectivity index (χ4v) is 5.13. The van der Waals surface area contributed by atoms with Gasteiger partial charge in [-0.15, -0.1) is 0 Å². The van der Waals surface area contributed by atoms with E-state index >= 15 is 0 Å². The molecule has 2 heterocycles. The molecular weight excluding hydrogens is 464 g/mol. The second-order valence-corrected chi connectivity index (χ2v) is 10.2. The number of hydrogen-bond donors (Lipinski definition) is 2. The van der Waals surface area contributed by atoms with Gasteiger partial charge in [0.15, 0.2) is 0 Å². The number of nitrogens with zero attached hydrogens (tertiary/aromatic N) is 2. The van der Waals surface area contributed by atoms with E-state index in [1.54, 1.807) is 41.3 Å². The number of carbonyl (C=O) groups excluding carboxylic acids is 2. The molecule has 0 spiro atoms. The monoisotopic (exact) mass is 488 g/mol. The van der Waals surface area contributed by atoms with Crippen molar-refractivity contribution in [1.82, 2.24) is 9.62 Å². The number of hydrogen-bond acceptors (Lipinski definition) is 5. The number of sulfonamides is 1. The molecule has 0 unspecified atom stereocenters.